The van der Waals surface area contributed by atoms with Crippen molar-refractivity contribution in [2.24, 2.45) is 24.6 Å². The maximum atomic E-state index is 13.0. The Morgan fingerprint density at radius 1 is 1.41 bits per heavy atom. The van der Waals surface area contributed by atoms with E-state index in [0.717, 1.165) is 36.5 Å². The van der Waals surface area contributed by atoms with Crippen molar-refractivity contribution in [3.8, 4) is 10.6 Å². The predicted molar refractivity (Wildman–Crippen MR) is 86.6 cm³/mol. The minimum Gasteiger partial charge on any atom is -0.338 e. The summed E-state index contributed by atoms with van der Waals surface area (Å²) in [6.07, 6.45) is 4.09. The van der Waals surface area contributed by atoms with Gasteiger partial charge in [0, 0.05) is 32.4 Å². The maximum absolute atomic E-state index is 13.0. The lowest BCUT2D eigenvalue weighted by Gasteiger charge is -2.18. The minimum atomic E-state index is 0.0955. The van der Waals surface area contributed by atoms with Crippen LogP contribution in [0.1, 0.15) is 23.2 Å². The summed E-state index contributed by atoms with van der Waals surface area (Å²) in [6, 6.07) is 4.26. The smallest absolute Gasteiger partial charge is 0.257 e. The van der Waals surface area contributed by atoms with E-state index in [1.165, 1.54) is 0 Å². The quantitative estimate of drug-likeness (QED) is 0.921. The highest BCUT2D eigenvalue weighted by Gasteiger charge is 2.43. The van der Waals surface area contributed by atoms with Crippen molar-refractivity contribution in [2.45, 2.75) is 18.9 Å². The van der Waals surface area contributed by atoms with Crippen molar-refractivity contribution in [1.29, 1.82) is 0 Å². The summed E-state index contributed by atoms with van der Waals surface area (Å²) >= 11 is 1.61. The monoisotopic (exact) mass is 316 g/mol. The summed E-state index contributed by atoms with van der Waals surface area (Å²) in [4.78, 5) is 16.0. The number of hydrogen-bond acceptors (Lipinski definition) is 4. The molecular weight excluding hydrogens is 296 g/mol. The second-order valence-corrected chi connectivity index (χ2v) is 7.37. The number of aryl methyl sites for hydroxylation is 1. The molecular formula is C16H20N4OS. The first-order chi connectivity index (χ1) is 10.6. The molecule has 0 bridgehead atoms. The maximum Gasteiger partial charge on any atom is 0.257 e. The molecule has 5 nitrogen and oxygen atoms in total. The summed E-state index contributed by atoms with van der Waals surface area (Å²) in [7, 11) is 1.86. The molecule has 2 N–H and O–H groups in total. The van der Waals surface area contributed by atoms with Crippen LogP contribution < -0.4 is 5.73 Å². The zero-order valence-electron chi connectivity index (χ0n) is 12.6. The zero-order valence-corrected chi connectivity index (χ0v) is 13.4. The molecule has 1 saturated heterocycles. The molecule has 116 valence electrons. The van der Waals surface area contributed by atoms with Crippen LogP contribution in [0.2, 0.25) is 0 Å². The molecule has 0 radical (unpaired) electrons. The fourth-order valence-electron chi connectivity index (χ4n) is 3.88. The number of nitrogens with two attached hydrogens (primary N) is 1. The summed E-state index contributed by atoms with van der Waals surface area (Å²) in [5.74, 6) is 1.16. The molecule has 1 aliphatic heterocycles. The summed E-state index contributed by atoms with van der Waals surface area (Å²) in [5, 5.41) is 6.50. The molecule has 3 unspecified atom stereocenters. The average molecular weight is 316 g/mol. The van der Waals surface area contributed by atoms with E-state index in [2.05, 4.69) is 5.10 Å². The number of carbonyl (C=O) groups excluding carboxylic acids is 1. The Morgan fingerprint density at radius 3 is 3.00 bits per heavy atom. The third kappa shape index (κ3) is 2.18. The van der Waals surface area contributed by atoms with Crippen molar-refractivity contribution in [3.05, 3.63) is 29.3 Å². The molecule has 2 aromatic rings. The number of carbonyl (C=O) groups is 1. The number of rotatable bonds is 2. The Bertz CT molecular complexity index is 693. The van der Waals surface area contributed by atoms with E-state index in [1.54, 1.807) is 16.0 Å². The first-order valence-corrected chi connectivity index (χ1v) is 8.64. The van der Waals surface area contributed by atoms with Gasteiger partial charge in [-0.2, -0.15) is 5.10 Å². The van der Waals surface area contributed by atoms with Gasteiger partial charge in [-0.25, -0.2) is 0 Å². The van der Waals surface area contributed by atoms with Crippen LogP contribution in [-0.2, 0) is 7.05 Å². The topological polar surface area (TPSA) is 64.2 Å². The van der Waals surface area contributed by atoms with Crippen LogP contribution in [0, 0.1) is 11.8 Å². The van der Waals surface area contributed by atoms with Crippen molar-refractivity contribution in [1.82, 2.24) is 14.7 Å². The van der Waals surface area contributed by atoms with E-state index in [4.69, 9.17) is 5.73 Å². The molecule has 2 fully saturated rings. The highest BCUT2D eigenvalue weighted by molar-refractivity contribution is 7.13. The largest absolute Gasteiger partial charge is 0.338 e. The molecule has 1 aliphatic carbocycles. The van der Waals surface area contributed by atoms with Gasteiger partial charge >= 0.3 is 0 Å². The van der Waals surface area contributed by atoms with Gasteiger partial charge in [0.25, 0.3) is 5.91 Å². The van der Waals surface area contributed by atoms with Crippen LogP contribution in [0.4, 0.5) is 0 Å². The first-order valence-electron chi connectivity index (χ1n) is 7.76. The van der Waals surface area contributed by atoms with Crippen LogP contribution >= 0.6 is 11.3 Å². The standard InChI is InChI=1S/C16H20N4OS/c1-19-8-12(15(18-19)14-3-2-6-22-14)16(21)20-7-10-4-5-13(17)11(10)9-20/h2-3,6,8,10-11,13H,4-5,7,9,17H2,1H3. The van der Waals surface area contributed by atoms with E-state index >= 15 is 0 Å². The fraction of sp³-hybridized carbons (Fsp3) is 0.500. The zero-order chi connectivity index (χ0) is 15.3. The number of likely N-dealkylation sites (tertiary alicyclic amines) is 1. The number of fused-ring (bicyclic) bond motifs is 1. The average Bonchev–Trinajstić information content (AvgIpc) is 3.23. The first kappa shape index (κ1) is 14.0. The van der Waals surface area contributed by atoms with Gasteiger partial charge in [0.15, 0.2) is 0 Å². The van der Waals surface area contributed by atoms with Crippen LogP contribution in [0.5, 0.6) is 0 Å². The van der Waals surface area contributed by atoms with Crippen molar-refractivity contribution >= 4 is 17.2 Å². The molecule has 1 amide bonds. The van der Waals surface area contributed by atoms with Crippen LogP contribution in [0.15, 0.2) is 23.7 Å². The normalized spacial score (nSPS) is 27.4. The molecule has 4 rings (SSSR count). The van der Waals surface area contributed by atoms with Crippen molar-refractivity contribution in [3.63, 3.8) is 0 Å². The Hall–Kier alpha value is -1.66. The number of thiophene rings is 1. The molecule has 3 atom stereocenters. The molecule has 2 aliphatic rings. The predicted octanol–water partition coefficient (Wildman–Crippen LogP) is 1.96. The lowest BCUT2D eigenvalue weighted by atomic mass is 9.98. The Labute approximate surface area is 133 Å². The Morgan fingerprint density at radius 2 is 2.27 bits per heavy atom. The molecule has 2 aromatic heterocycles. The van der Waals surface area contributed by atoms with Gasteiger partial charge in [-0.05, 0) is 36.1 Å². The van der Waals surface area contributed by atoms with Crippen LogP contribution in [-0.4, -0.2) is 39.7 Å². The minimum absolute atomic E-state index is 0.0955. The van der Waals surface area contributed by atoms with E-state index in [9.17, 15) is 4.79 Å². The van der Waals surface area contributed by atoms with Crippen LogP contribution in [0.25, 0.3) is 10.6 Å². The number of nitrogens with zero attached hydrogens (tertiary/aromatic N) is 3. The molecule has 6 heteroatoms. The lowest BCUT2D eigenvalue weighted by molar-refractivity contribution is 0.0780. The van der Waals surface area contributed by atoms with Gasteiger partial charge < -0.3 is 10.6 Å². The fourth-order valence-corrected chi connectivity index (χ4v) is 4.61. The molecule has 0 spiro atoms. The highest BCUT2D eigenvalue weighted by Crippen LogP contribution is 2.38. The van der Waals surface area contributed by atoms with Gasteiger partial charge in [-0.3, -0.25) is 9.48 Å². The number of aromatic nitrogens is 2. The van der Waals surface area contributed by atoms with Gasteiger partial charge in [0.1, 0.15) is 5.69 Å². The van der Waals surface area contributed by atoms with Crippen molar-refractivity contribution in [2.75, 3.05) is 13.1 Å². The Balaban J connectivity index is 1.62. The second-order valence-electron chi connectivity index (χ2n) is 6.42. The Kier molecular flexibility index (Phi) is 3.31. The van der Waals surface area contributed by atoms with Gasteiger partial charge in [0.05, 0.1) is 10.4 Å². The lowest BCUT2D eigenvalue weighted by Crippen LogP contribution is -2.33. The SMILES string of the molecule is Cn1cc(C(=O)N2CC3CCC(N)C3C2)c(-c2cccs2)n1. The third-order valence-corrected chi connectivity index (χ3v) is 5.89. The summed E-state index contributed by atoms with van der Waals surface area (Å²) < 4.78 is 1.73. The van der Waals surface area contributed by atoms with Crippen molar-refractivity contribution < 1.29 is 4.79 Å². The van der Waals surface area contributed by atoms with Gasteiger partial charge in [-0.15, -0.1) is 11.3 Å². The summed E-state index contributed by atoms with van der Waals surface area (Å²) in [6.45, 7) is 1.64. The number of hydrogen-bond donors (Lipinski definition) is 1. The van der Waals surface area contributed by atoms with Gasteiger partial charge in [-0.1, -0.05) is 6.07 Å². The molecule has 3 heterocycles. The van der Waals surface area contributed by atoms with Crippen LogP contribution in [0.3, 0.4) is 0 Å². The van der Waals surface area contributed by atoms with Gasteiger partial charge in [0.2, 0.25) is 0 Å². The van der Waals surface area contributed by atoms with E-state index in [-0.39, 0.29) is 11.9 Å². The van der Waals surface area contributed by atoms with E-state index in [0.29, 0.717) is 17.4 Å². The van der Waals surface area contributed by atoms with E-state index < -0.39 is 0 Å². The molecule has 0 aromatic carbocycles. The van der Waals surface area contributed by atoms with E-state index in [1.807, 2.05) is 35.7 Å². The molecule has 22 heavy (non-hydrogen) atoms. The third-order valence-electron chi connectivity index (χ3n) is 5.01. The number of amides is 1. The summed E-state index contributed by atoms with van der Waals surface area (Å²) in [5.41, 5.74) is 7.68. The highest BCUT2D eigenvalue weighted by atomic mass is 32.1. The molecule has 1 saturated carbocycles. The second kappa shape index (κ2) is 5.21.